The summed E-state index contributed by atoms with van der Waals surface area (Å²) >= 11 is 1.71. The molecule has 1 N–H and O–H groups in total. The van der Waals surface area contributed by atoms with Gasteiger partial charge < -0.3 is 5.32 Å². The summed E-state index contributed by atoms with van der Waals surface area (Å²) < 4.78 is 13.4. The molecule has 0 saturated carbocycles. The van der Waals surface area contributed by atoms with E-state index in [-0.39, 0.29) is 11.9 Å². The fourth-order valence-corrected chi connectivity index (χ4v) is 3.07. The lowest BCUT2D eigenvalue weighted by Crippen LogP contribution is -2.23. The van der Waals surface area contributed by atoms with Gasteiger partial charge in [0.05, 0.1) is 5.01 Å². The molecule has 4 heteroatoms. The van der Waals surface area contributed by atoms with E-state index < -0.39 is 0 Å². The van der Waals surface area contributed by atoms with E-state index in [1.54, 1.807) is 17.4 Å². The second kappa shape index (κ2) is 6.95. The molecule has 0 aliphatic carbocycles. The standard InChI is InChI=1S/C16H21FN2S/c1-4-7-18-15(16-10-19-12(3)20-16)9-13-8-14(17)6-5-11(13)2/h5-6,8,10,15,18H,4,7,9H2,1-3H3. The van der Waals surface area contributed by atoms with Crippen LogP contribution in [-0.4, -0.2) is 11.5 Å². The minimum atomic E-state index is -0.166. The van der Waals surface area contributed by atoms with Crippen LogP contribution in [0.1, 0.15) is 40.4 Å². The quantitative estimate of drug-likeness (QED) is 0.864. The molecular weight excluding hydrogens is 271 g/mol. The van der Waals surface area contributed by atoms with Gasteiger partial charge >= 0.3 is 0 Å². The summed E-state index contributed by atoms with van der Waals surface area (Å²) in [5.41, 5.74) is 2.19. The van der Waals surface area contributed by atoms with Gasteiger partial charge in [-0.2, -0.15) is 0 Å². The third-order valence-corrected chi connectivity index (χ3v) is 4.38. The second-order valence-electron chi connectivity index (χ2n) is 5.06. The van der Waals surface area contributed by atoms with E-state index in [1.165, 1.54) is 10.9 Å². The number of aryl methyl sites for hydroxylation is 2. The first kappa shape index (κ1) is 15.1. The molecule has 0 amide bonds. The number of nitrogens with one attached hydrogen (secondary N) is 1. The summed E-state index contributed by atoms with van der Waals surface area (Å²) in [5, 5.41) is 4.61. The Balaban J connectivity index is 2.21. The highest BCUT2D eigenvalue weighted by molar-refractivity contribution is 7.11. The summed E-state index contributed by atoms with van der Waals surface area (Å²) in [4.78, 5) is 5.55. The Hall–Kier alpha value is -1.26. The molecule has 0 aliphatic rings. The maximum Gasteiger partial charge on any atom is 0.123 e. The second-order valence-corrected chi connectivity index (χ2v) is 6.33. The first-order chi connectivity index (χ1) is 9.60. The smallest absolute Gasteiger partial charge is 0.123 e. The van der Waals surface area contributed by atoms with Crippen molar-refractivity contribution in [1.82, 2.24) is 10.3 Å². The van der Waals surface area contributed by atoms with Crippen LogP contribution in [0.2, 0.25) is 0 Å². The van der Waals surface area contributed by atoms with Crippen molar-refractivity contribution in [3.05, 3.63) is 51.2 Å². The molecule has 1 heterocycles. The van der Waals surface area contributed by atoms with Crippen LogP contribution in [0.15, 0.2) is 24.4 Å². The molecule has 108 valence electrons. The number of hydrogen-bond donors (Lipinski definition) is 1. The molecule has 2 aromatic rings. The number of rotatable bonds is 6. The Morgan fingerprint density at radius 1 is 1.35 bits per heavy atom. The van der Waals surface area contributed by atoms with Crippen LogP contribution in [0.5, 0.6) is 0 Å². The molecule has 0 saturated heterocycles. The van der Waals surface area contributed by atoms with Crippen molar-refractivity contribution >= 4 is 11.3 Å². The third-order valence-electron chi connectivity index (χ3n) is 3.36. The van der Waals surface area contributed by atoms with Crippen molar-refractivity contribution in [2.75, 3.05) is 6.54 Å². The van der Waals surface area contributed by atoms with E-state index >= 15 is 0 Å². The van der Waals surface area contributed by atoms with Gasteiger partial charge in [-0.3, -0.25) is 0 Å². The molecule has 0 radical (unpaired) electrons. The minimum absolute atomic E-state index is 0.166. The van der Waals surface area contributed by atoms with Crippen molar-refractivity contribution in [1.29, 1.82) is 0 Å². The first-order valence-corrected chi connectivity index (χ1v) is 7.82. The van der Waals surface area contributed by atoms with Gasteiger partial charge in [0, 0.05) is 17.1 Å². The summed E-state index contributed by atoms with van der Waals surface area (Å²) in [7, 11) is 0. The monoisotopic (exact) mass is 292 g/mol. The molecule has 1 aromatic heterocycles. The minimum Gasteiger partial charge on any atom is -0.309 e. The van der Waals surface area contributed by atoms with Gasteiger partial charge in [-0.15, -0.1) is 11.3 Å². The van der Waals surface area contributed by atoms with E-state index in [4.69, 9.17) is 0 Å². The summed E-state index contributed by atoms with van der Waals surface area (Å²) in [6.07, 6.45) is 3.81. The van der Waals surface area contributed by atoms with Gasteiger partial charge in [0.2, 0.25) is 0 Å². The van der Waals surface area contributed by atoms with Crippen molar-refractivity contribution in [3.8, 4) is 0 Å². The number of benzene rings is 1. The highest BCUT2D eigenvalue weighted by Gasteiger charge is 2.15. The van der Waals surface area contributed by atoms with Crippen LogP contribution in [0.4, 0.5) is 4.39 Å². The molecule has 2 rings (SSSR count). The highest BCUT2D eigenvalue weighted by atomic mass is 32.1. The zero-order valence-electron chi connectivity index (χ0n) is 12.2. The Morgan fingerprint density at radius 2 is 2.15 bits per heavy atom. The molecular formula is C16H21FN2S. The molecule has 0 aliphatic heterocycles. The van der Waals surface area contributed by atoms with Crippen LogP contribution < -0.4 is 5.32 Å². The van der Waals surface area contributed by atoms with Crippen LogP contribution in [0.25, 0.3) is 0 Å². The van der Waals surface area contributed by atoms with Crippen LogP contribution in [-0.2, 0) is 6.42 Å². The molecule has 20 heavy (non-hydrogen) atoms. The molecule has 2 nitrogen and oxygen atoms in total. The lowest BCUT2D eigenvalue weighted by atomic mass is 10.00. The van der Waals surface area contributed by atoms with Gasteiger partial charge in [-0.05, 0) is 56.5 Å². The van der Waals surface area contributed by atoms with Gasteiger partial charge in [-0.25, -0.2) is 9.37 Å². The predicted octanol–water partition coefficient (Wildman–Crippen LogP) is 4.18. The van der Waals surface area contributed by atoms with E-state index in [0.29, 0.717) is 0 Å². The number of hydrogen-bond acceptors (Lipinski definition) is 3. The first-order valence-electron chi connectivity index (χ1n) is 7.01. The number of thiazole rings is 1. The molecule has 1 atom stereocenters. The zero-order valence-corrected chi connectivity index (χ0v) is 13.1. The molecule has 1 aromatic carbocycles. The molecule has 1 unspecified atom stereocenters. The Kier molecular flexibility index (Phi) is 5.26. The van der Waals surface area contributed by atoms with E-state index in [2.05, 4.69) is 17.2 Å². The summed E-state index contributed by atoms with van der Waals surface area (Å²) in [6, 6.07) is 5.22. The fourth-order valence-electron chi connectivity index (χ4n) is 2.21. The van der Waals surface area contributed by atoms with E-state index in [9.17, 15) is 4.39 Å². The normalized spacial score (nSPS) is 12.6. The molecule has 0 bridgehead atoms. The fraction of sp³-hybridized carbons (Fsp3) is 0.438. The van der Waals surface area contributed by atoms with Crippen molar-refractivity contribution in [2.24, 2.45) is 0 Å². The van der Waals surface area contributed by atoms with Crippen molar-refractivity contribution < 1.29 is 4.39 Å². The van der Waals surface area contributed by atoms with Crippen molar-refractivity contribution in [3.63, 3.8) is 0 Å². The number of nitrogens with zero attached hydrogens (tertiary/aromatic N) is 1. The maximum absolute atomic E-state index is 13.4. The number of aromatic nitrogens is 1. The Bertz CT molecular complexity index is 565. The van der Waals surface area contributed by atoms with E-state index in [1.807, 2.05) is 26.1 Å². The summed E-state index contributed by atoms with van der Waals surface area (Å²) in [5.74, 6) is -0.166. The van der Waals surface area contributed by atoms with E-state index in [0.717, 1.165) is 35.5 Å². The Morgan fingerprint density at radius 3 is 2.80 bits per heavy atom. The zero-order chi connectivity index (χ0) is 14.5. The largest absolute Gasteiger partial charge is 0.309 e. The van der Waals surface area contributed by atoms with Gasteiger partial charge in [0.15, 0.2) is 0 Å². The van der Waals surface area contributed by atoms with Gasteiger partial charge in [0.25, 0.3) is 0 Å². The topological polar surface area (TPSA) is 24.9 Å². The van der Waals surface area contributed by atoms with Crippen LogP contribution in [0, 0.1) is 19.7 Å². The lowest BCUT2D eigenvalue weighted by molar-refractivity contribution is 0.532. The van der Waals surface area contributed by atoms with Crippen LogP contribution >= 0.6 is 11.3 Å². The average molecular weight is 292 g/mol. The van der Waals surface area contributed by atoms with Crippen molar-refractivity contribution in [2.45, 2.75) is 39.7 Å². The SMILES string of the molecule is CCCNC(Cc1cc(F)ccc1C)c1cnc(C)s1. The predicted molar refractivity (Wildman–Crippen MR) is 82.7 cm³/mol. The molecule has 0 fully saturated rings. The lowest BCUT2D eigenvalue weighted by Gasteiger charge is -2.18. The molecule has 0 spiro atoms. The number of halogens is 1. The van der Waals surface area contributed by atoms with Crippen LogP contribution in [0.3, 0.4) is 0 Å². The van der Waals surface area contributed by atoms with Gasteiger partial charge in [-0.1, -0.05) is 13.0 Å². The highest BCUT2D eigenvalue weighted by Crippen LogP contribution is 2.25. The average Bonchev–Trinajstić information content (AvgIpc) is 2.85. The third kappa shape index (κ3) is 3.87. The van der Waals surface area contributed by atoms with Gasteiger partial charge in [0.1, 0.15) is 5.82 Å². The maximum atomic E-state index is 13.4. The summed E-state index contributed by atoms with van der Waals surface area (Å²) in [6.45, 7) is 7.15. The Labute approximate surface area is 124 Å².